The van der Waals surface area contributed by atoms with Crippen LogP contribution in [0.2, 0.25) is 0 Å². The van der Waals surface area contributed by atoms with E-state index in [0.29, 0.717) is 24.3 Å². The number of likely N-dealkylation sites (tertiary alicyclic amines) is 1. The van der Waals surface area contributed by atoms with Crippen molar-refractivity contribution in [2.24, 2.45) is 0 Å². The summed E-state index contributed by atoms with van der Waals surface area (Å²) in [6.07, 6.45) is 2.76. The van der Waals surface area contributed by atoms with Crippen molar-refractivity contribution in [2.75, 3.05) is 22.8 Å². The molecule has 7 nitrogen and oxygen atoms in total. The van der Waals surface area contributed by atoms with E-state index >= 15 is 0 Å². The maximum Gasteiger partial charge on any atom is 0.247 e. The summed E-state index contributed by atoms with van der Waals surface area (Å²) in [6, 6.07) is 15.4. The molecule has 0 saturated carbocycles. The Balaban J connectivity index is 1.62. The van der Waals surface area contributed by atoms with E-state index in [4.69, 9.17) is 0 Å². The number of nitrogens with zero attached hydrogens (tertiary/aromatic N) is 1. The number of amides is 2. The van der Waals surface area contributed by atoms with Gasteiger partial charge in [-0.1, -0.05) is 30.3 Å². The van der Waals surface area contributed by atoms with E-state index in [0.717, 1.165) is 18.2 Å². The third-order valence-corrected chi connectivity index (χ3v) is 5.14. The van der Waals surface area contributed by atoms with Crippen LogP contribution in [0.15, 0.2) is 54.6 Å². The largest absolute Gasteiger partial charge is 0.330 e. The van der Waals surface area contributed by atoms with Crippen molar-refractivity contribution in [1.29, 1.82) is 0 Å². The van der Waals surface area contributed by atoms with Crippen LogP contribution in [-0.2, 0) is 26.0 Å². The van der Waals surface area contributed by atoms with E-state index in [2.05, 4.69) is 10.0 Å². The molecule has 28 heavy (non-hydrogen) atoms. The molecule has 0 aliphatic carbocycles. The second-order valence-corrected chi connectivity index (χ2v) is 8.60. The Hall–Kier alpha value is -2.87. The van der Waals surface area contributed by atoms with Gasteiger partial charge in [0, 0.05) is 17.9 Å². The lowest BCUT2D eigenvalue weighted by Gasteiger charge is -2.24. The topological polar surface area (TPSA) is 95.6 Å². The first-order valence-electron chi connectivity index (χ1n) is 9.04. The van der Waals surface area contributed by atoms with E-state index in [1.165, 1.54) is 0 Å². The van der Waals surface area contributed by atoms with Gasteiger partial charge in [0.1, 0.15) is 6.04 Å². The molecule has 1 aliphatic heterocycles. The van der Waals surface area contributed by atoms with E-state index in [9.17, 15) is 18.0 Å². The second kappa shape index (κ2) is 8.43. The summed E-state index contributed by atoms with van der Waals surface area (Å²) in [5.74, 6) is -0.292. The zero-order valence-electron chi connectivity index (χ0n) is 15.6. The first-order valence-corrected chi connectivity index (χ1v) is 10.9. The lowest BCUT2D eigenvalue weighted by atomic mass is 10.1. The van der Waals surface area contributed by atoms with Gasteiger partial charge in [-0.15, -0.1) is 0 Å². The van der Waals surface area contributed by atoms with E-state index < -0.39 is 16.1 Å². The Morgan fingerprint density at radius 1 is 1.04 bits per heavy atom. The summed E-state index contributed by atoms with van der Waals surface area (Å²) in [5, 5.41) is 2.81. The molecule has 1 fully saturated rings. The van der Waals surface area contributed by atoms with Gasteiger partial charge >= 0.3 is 0 Å². The van der Waals surface area contributed by atoms with Gasteiger partial charge < -0.3 is 10.2 Å². The Labute approximate surface area is 164 Å². The molecule has 0 bridgehead atoms. The molecule has 2 aromatic rings. The van der Waals surface area contributed by atoms with Crippen LogP contribution in [0.1, 0.15) is 18.4 Å². The van der Waals surface area contributed by atoms with Crippen LogP contribution in [0.5, 0.6) is 0 Å². The highest BCUT2D eigenvalue weighted by Gasteiger charge is 2.33. The Morgan fingerprint density at radius 3 is 2.32 bits per heavy atom. The molecule has 3 rings (SSSR count). The Bertz CT molecular complexity index is 943. The molecular formula is C20H23N3O4S. The van der Waals surface area contributed by atoms with Crippen LogP contribution in [0.3, 0.4) is 0 Å². The molecule has 0 spiro atoms. The maximum atomic E-state index is 12.7. The second-order valence-electron chi connectivity index (χ2n) is 6.85. The minimum Gasteiger partial charge on any atom is -0.330 e. The van der Waals surface area contributed by atoms with Crippen LogP contribution >= 0.6 is 0 Å². The number of anilines is 2. The summed E-state index contributed by atoms with van der Waals surface area (Å²) in [4.78, 5) is 27.0. The number of carbonyl (C=O) groups is 2. The SMILES string of the molecule is CS(=O)(=O)Nc1ccc(NC(=O)C2CCCN2C(=O)Cc2ccccc2)cc1. The molecule has 8 heteroatoms. The molecule has 2 amide bonds. The first-order chi connectivity index (χ1) is 13.3. The van der Waals surface area contributed by atoms with E-state index in [1.54, 1.807) is 29.2 Å². The van der Waals surface area contributed by atoms with Crippen molar-refractivity contribution in [1.82, 2.24) is 4.90 Å². The smallest absolute Gasteiger partial charge is 0.247 e. The molecule has 1 unspecified atom stereocenters. The number of hydrogen-bond acceptors (Lipinski definition) is 4. The Kier molecular flexibility index (Phi) is 5.99. The van der Waals surface area contributed by atoms with Crippen molar-refractivity contribution in [2.45, 2.75) is 25.3 Å². The summed E-state index contributed by atoms with van der Waals surface area (Å²) >= 11 is 0. The summed E-state index contributed by atoms with van der Waals surface area (Å²) < 4.78 is 24.9. The fraction of sp³-hybridized carbons (Fsp3) is 0.300. The predicted molar refractivity (Wildman–Crippen MR) is 108 cm³/mol. The van der Waals surface area contributed by atoms with Crippen molar-refractivity contribution >= 4 is 33.2 Å². The number of carbonyl (C=O) groups excluding carboxylic acids is 2. The summed E-state index contributed by atoms with van der Waals surface area (Å²) in [5.41, 5.74) is 1.89. The zero-order chi connectivity index (χ0) is 20.1. The molecule has 2 N–H and O–H groups in total. The fourth-order valence-corrected chi connectivity index (χ4v) is 3.84. The minimum atomic E-state index is -3.35. The van der Waals surface area contributed by atoms with Gasteiger partial charge in [0.2, 0.25) is 21.8 Å². The van der Waals surface area contributed by atoms with Gasteiger partial charge in [0.25, 0.3) is 0 Å². The van der Waals surface area contributed by atoms with Crippen molar-refractivity contribution in [3.05, 3.63) is 60.2 Å². The average molecular weight is 401 g/mol. The minimum absolute atomic E-state index is 0.0587. The van der Waals surface area contributed by atoms with Crippen LogP contribution in [0.4, 0.5) is 11.4 Å². The summed E-state index contributed by atoms with van der Waals surface area (Å²) in [6.45, 7) is 0.570. The zero-order valence-corrected chi connectivity index (χ0v) is 16.4. The highest BCUT2D eigenvalue weighted by Crippen LogP contribution is 2.21. The third kappa shape index (κ3) is 5.32. The predicted octanol–water partition coefficient (Wildman–Crippen LogP) is 2.23. The first kappa shape index (κ1) is 19.9. The van der Waals surface area contributed by atoms with Crippen LogP contribution in [-0.4, -0.2) is 44.0 Å². The van der Waals surface area contributed by atoms with Crippen LogP contribution in [0, 0.1) is 0 Å². The summed E-state index contributed by atoms with van der Waals surface area (Å²) in [7, 11) is -3.35. The highest BCUT2D eigenvalue weighted by molar-refractivity contribution is 7.92. The molecule has 1 aliphatic rings. The van der Waals surface area contributed by atoms with Crippen LogP contribution in [0.25, 0.3) is 0 Å². The number of rotatable bonds is 6. The molecule has 0 aromatic heterocycles. The number of benzene rings is 2. The van der Waals surface area contributed by atoms with Gasteiger partial charge in [-0.3, -0.25) is 14.3 Å². The van der Waals surface area contributed by atoms with Crippen molar-refractivity contribution in [3.63, 3.8) is 0 Å². The standard InChI is InChI=1S/C20H23N3O4S/c1-28(26,27)22-17-11-9-16(10-12-17)21-20(25)18-8-5-13-23(18)19(24)14-15-6-3-2-4-7-15/h2-4,6-7,9-12,18,22H,5,8,13-14H2,1H3,(H,21,25). The molecule has 1 atom stereocenters. The van der Waals surface area contributed by atoms with Gasteiger partial charge in [-0.25, -0.2) is 8.42 Å². The van der Waals surface area contributed by atoms with E-state index in [1.807, 2.05) is 30.3 Å². The number of nitrogens with one attached hydrogen (secondary N) is 2. The monoisotopic (exact) mass is 401 g/mol. The van der Waals surface area contributed by atoms with Gasteiger partial charge in [-0.2, -0.15) is 0 Å². The number of hydrogen-bond donors (Lipinski definition) is 2. The van der Waals surface area contributed by atoms with Gasteiger partial charge in [-0.05, 0) is 42.7 Å². The van der Waals surface area contributed by atoms with Crippen molar-refractivity contribution < 1.29 is 18.0 Å². The highest BCUT2D eigenvalue weighted by atomic mass is 32.2. The molecule has 2 aromatic carbocycles. The Morgan fingerprint density at radius 2 is 1.68 bits per heavy atom. The van der Waals surface area contributed by atoms with E-state index in [-0.39, 0.29) is 18.2 Å². The normalized spacial score (nSPS) is 16.6. The quantitative estimate of drug-likeness (QED) is 0.776. The average Bonchev–Trinajstić information content (AvgIpc) is 3.13. The molecular weight excluding hydrogens is 378 g/mol. The molecule has 1 heterocycles. The molecule has 0 radical (unpaired) electrons. The number of sulfonamides is 1. The van der Waals surface area contributed by atoms with Crippen LogP contribution < -0.4 is 10.0 Å². The lowest BCUT2D eigenvalue weighted by molar-refractivity contribution is -0.136. The molecule has 1 saturated heterocycles. The third-order valence-electron chi connectivity index (χ3n) is 4.53. The fourth-order valence-electron chi connectivity index (χ4n) is 3.27. The van der Waals surface area contributed by atoms with Gasteiger partial charge in [0.05, 0.1) is 12.7 Å². The molecule has 148 valence electrons. The van der Waals surface area contributed by atoms with Gasteiger partial charge in [0.15, 0.2) is 0 Å². The maximum absolute atomic E-state index is 12.7. The lowest BCUT2D eigenvalue weighted by Crippen LogP contribution is -2.43. The van der Waals surface area contributed by atoms with Crippen molar-refractivity contribution in [3.8, 4) is 0 Å².